The van der Waals surface area contributed by atoms with Gasteiger partial charge >= 0.3 is 18.2 Å². The topological polar surface area (TPSA) is 124 Å². The number of carbonyl (C=O) groups excluding carboxylic acids is 4. The van der Waals surface area contributed by atoms with Crippen LogP contribution in [0.2, 0.25) is 18.1 Å². The average Bonchev–Trinajstić information content (AvgIpc) is 3.23. The zero-order chi connectivity index (χ0) is 31.7. The van der Waals surface area contributed by atoms with E-state index in [1.165, 1.54) is 28.0 Å². The van der Waals surface area contributed by atoms with Crippen LogP contribution in [-0.4, -0.2) is 93.8 Å². The summed E-state index contributed by atoms with van der Waals surface area (Å²) in [4.78, 5) is 54.3. The first-order valence-electron chi connectivity index (χ1n) is 14.2. The van der Waals surface area contributed by atoms with E-state index in [2.05, 4.69) is 58.9 Å². The van der Waals surface area contributed by atoms with E-state index >= 15 is 0 Å². The van der Waals surface area contributed by atoms with Gasteiger partial charge in [-0.15, -0.1) is 0 Å². The van der Waals surface area contributed by atoms with Crippen molar-refractivity contribution in [3.63, 3.8) is 0 Å². The van der Waals surface area contributed by atoms with Crippen molar-refractivity contribution >= 4 is 32.4 Å². The monoisotopic (exact) mass is 605 g/mol. The Hall–Kier alpha value is -3.38. The number of ether oxygens (including phenoxy) is 3. The molecule has 12 heteroatoms. The number of esters is 1. The number of alkyl carbamates (subject to hydrolysis) is 1. The first-order chi connectivity index (χ1) is 19.7. The molecule has 2 heterocycles. The lowest BCUT2D eigenvalue weighted by Crippen LogP contribution is -2.63. The number of rotatable bonds is 16. The largest absolute Gasteiger partial charge is 0.457 e. The molecule has 234 valence electrons. The van der Waals surface area contributed by atoms with Crippen LogP contribution in [0.3, 0.4) is 0 Å². The van der Waals surface area contributed by atoms with Gasteiger partial charge in [0, 0.05) is 19.6 Å². The molecule has 0 aromatic carbocycles. The highest BCUT2D eigenvalue weighted by atomic mass is 28.4. The van der Waals surface area contributed by atoms with Gasteiger partial charge in [0.05, 0.1) is 18.1 Å². The van der Waals surface area contributed by atoms with Crippen LogP contribution >= 0.6 is 0 Å². The van der Waals surface area contributed by atoms with E-state index in [4.69, 9.17) is 18.6 Å². The highest BCUT2D eigenvalue weighted by Gasteiger charge is 2.58. The van der Waals surface area contributed by atoms with Crippen LogP contribution in [-0.2, 0) is 28.2 Å². The molecule has 3 amide bonds. The summed E-state index contributed by atoms with van der Waals surface area (Å²) in [5.74, 6) is -1.27. The van der Waals surface area contributed by atoms with E-state index in [0.717, 1.165) is 0 Å². The Bertz CT molecular complexity index is 1080. The molecule has 0 spiro atoms. The van der Waals surface area contributed by atoms with E-state index < -0.39 is 32.4 Å². The van der Waals surface area contributed by atoms with Gasteiger partial charge in [0.25, 0.3) is 0 Å². The Morgan fingerprint density at radius 3 is 2.26 bits per heavy atom. The molecule has 3 atom stereocenters. The molecule has 0 bridgehead atoms. The van der Waals surface area contributed by atoms with Crippen molar-refractivity contribution in [1.29, 1.82) is 0 Å². The number of hydrogen-bond acceptors (Lipinski definition) is 8. The van der Waals surface area contributed by atoms with Gasteiger partial charge < -0.3 is 33.8 Å². The van der Waals surface area contributed by atoms with Crippen LogP contribution in [0.1, 0.15) is 40.5 Å². The minimum absolute atomic E-state index is 0.00631. The fourth-order valence-corrected chi connectivity index (χ4v) is 6.16. The molecule has 2 rings (SSSR count). The highest BCUT2D eigenvalue weighted by Crippen LogP contribution is 2.46. The molecule has 2 aliphatic heterocycles. The van der Waals surface area contributed by atoms with Crippen molar-refractivity contribution in [2.24, 2.45) is 5.92 Å². The van der Waals surface area contributed by atoms with Crippen molar-refractivity contribution < 1.29 is 37.8 Å². The summed E-state index contributed by atoms with van der Waals surface area (Å²) in [6.07, 6.45) is 3.60. The molecule has 0 saturated carbocycles. The zero-order valence-electron chi connectivity index (χ0n) is 25.9. The minimum Gasteiger partial charge on any atom is -0.457 e. The van der Waals surface area contributed by atoms with Crippen LogP contribution in [0.4, 0.5) is 9.59 Å². The van der Waals surface area contributed by atoms with Crippen LogP contribution in [0.25, 0.3) is 0 Å². The van der Waals surface area contributed by atoms with Gasteiger partial charge in [-0.05, 0) is 43.5 Å². The summed E-state index contributed by atoms with van der Waals surface area (Å²) in [6.45, 7) is 23.9. The van der Waals surface area contributed by atoms with Gasteiger partial charge in [-0.25, -0.2) is 14.4 Å². The smallest absolute Gasteiger partial charge is 0.410 e. The van der Waals surface area contributed by atoms with Crippen LogP contribution in [0, 0.1) is 5.92 Å². The minimum atomic E-state index is -2.16. The van der Waals surface area contributed by atoms with Gasteiger partial charge in [0.2, 0.25) is 5.91 Å². The number of fused-ring (bicyclic) bond motifs is 1. The molecule has 0 aromatic heterocycles. The second-order valence-electron chi connectivity index (χ2n) is 11.9. The second kappa shape index (κ2) is 15.2. The molecular weight excluding hydrogens is 558 g/mol. The van der Waals surface area contributed by atoms with Gasteiger partial charge in [-0.1, -0.05) is 58.7 Å². The molecule has 0 aliphatic carbocycles. The number of carbonyl (C=O) groups is 4. The molecule has 11 nitrogen and oxygen atoms in total. The maximum absolute atomic E-state index is 13.5. The Morgan fingerprint density at radius 1 is 1.07 bits per heavy atom. The molecule has 2 aliphatic rings. The molecule has 0 unspecified atom stereocenters. The van der Waals surface area contributed by atoms with E-state index in [0.29, 0.717) is 18.4 Å². The second-order valence-corrected chi connectivity index (χ2v) is 16.6. The molecule has 0 radical (unpaired) electrons. The van der Waals surface area contributed by atoms with Gasteiger partial charge in [0.1, 0.15) is 25.5 Å². The molecule has 1 N–H and O–H groups in total. The van der Waals surface area contributed by atoms with Crippen molar-refractivity contribution in [3.05, 3.63) is 49.2 Å². The lowest BCUT2D eigenvalue weighted by molar-refractivity contribution is -0.161. The standard InChI is InChI=1S/C30H47N3O8Si/c1-10-16-38-27(35)25-22(19-23-24(26(34)33(23)25)21(4)41-42(8,9)30(5,6)7)20-32(29(37)40-18-12-3)15-13-14-31-28(36)39-17-11-2/h10-12,21,23-24H,1-3,13-20H2,4-9H3,(H,31,36)/t21-,23-,24-/m1/s1. The Morgan fingerprint density at radius 2 is 1.67 bits per heavy atom. The van der Waals surface area contributed by atoms with E-state index in [1.807, 2.05) is 6.92 Å². The summed E-state index contributed by atoms with van der Waals surface area (Å²) >= 11 is 0. The third-order valence-electron chi connectivity index (χ3n) is 7.79. The number of hydrogen-bond donors (Lipinski definition) is 1. The first kappa shape index (κ1) is 34.8. The van der Waals surface area contributed by atoms with E-state index in [9.17, 15) is 19.2 Å². The zero-order valence-corrected chi connectivity index (χ0v) is 26.9. The van der Waals surface area contributed by atoms with Crippen molar-refractivity contribution in [1.82, 2.24) is 15.1 Å². The van der Waals surface area contributed by atoms with E-state index in [1.54, 1.807) is 0 Å². The lowest BCUT2D eigenvalue weighted by atomic mass is 9.83. The van der Waals surface area contributed by atoms with Gasteiger partial charge in [-0.3, -0.25) is 4.79 Å². The predicted octanol–water partition coefficient (Wildman–Crippen LogP) is 4.54. The molecule has 42 heavy (non-hydrogen) atoms. The Balaban J connectivity index is 2.26. The molecular formula is C30H47N3O8Si. The quantitative estimate of drug-likeness (QED) is 0.0680. The molecule has 0 aromatic rings. The summed E-state index contributed by atoms with van der Waals surface area (Å²) < 4.78 is 22.1. The summed E-state index contributed by atoms with van der Waals surface area (Å²) in [5, 5.41) is 2.58. The Labute approximate surface area is 250 Å². The maximum Gasteiger partial charge on any atom is 0.410 e. The number of amides is 3. The SMILES string of the molecule is C=CCOC(=O)NCCCN(CC1=C(C(=O)OCC=C)N2C(=O)[C@H]([C@@H](C)O[Si](C)(C)C(C)(C)C)[C@H]2C1)C(=O)OCC=C. The molecule has 1 fully saturated rings. The van der Waals surface area contributed by atoms with E-state index in [-0.39, 0.29) is 68.2 Å². The van der Waals surface area contributed by atoms with Crippen molar-refractivity contribution in [2.45, 2.75) is 70.8 Å². The number of nitrogens with zero attached hydrogens (tertiary/aromatic N) is 2. The van der Waals surface area contributed by atoms with Crippen molar-refractivity contribution in [2.75, 3.05) is 39.5 Å². The summed E-state index contributed by atoms with van der Waals surface area (Å²) in [7, 11) is -2.16. The maximum atomic E-state index is 13.5. The third kappa shape index (κ3) is 8.57. The van der Waals surface area contributed by atoms with Crippen LogP contribution in [0.15, 0.2) is 49.2 Å². The highest BCUT2D eigenvalue weighted by molar-refractivity contribution is 6.74. The van der Waals surface area contributed by atoms with Gasteiger partial charge in [0.15, 0.2) is 8.32 Å². The van der Waals surface area contributed by atoms with Crippen LogP contribution in [0.5, 0.6) is 0 Å². The fraction of sp³-hybridized carbons (Fsp3) is 0.600. The van der Waals surface area contributed by atoms with Gasteiger partial charge in [-0.2, -0.15) is 0 Å². The summed E-state index contributed by atoms with van der Waals surface area (Å²) in [6, 6.07) is -0.286. The fourth-order valence-electron chi connectivity index (χ4n) is 4.73. The Kier molecular flexibility index (Phi) is 12.6. The number of nitrogens with one attached hydrogen (secondary N) is 1. The third-order valence-corrected chi connectivity index (χ3v) is 12.4. The van der Waals surface area contributed by atoms with Crippen molar-refractivity contribution in [3.8, 4) is 0 Å². The first-order valence-corrected chi connectivity index (χ1v) is 17.2. The lowest BCUT2D eigenvalue weighted by Gasteiger charge is -2.48. The number of β-lactam (4-membered cyclic amide) rings is 1. The molecule has 1 saturated heterocycles. The van der Waals surface area contributed by atoms with Crippen LogP contribution < -0.4 is 5.32 Å². The summed E-state index contributed by atoms with van der Waals surface area (Å²) in [5.41, 5.74) is 0.744. The normalized spacial score (nSPS) is 18.8. The average molecular weight is 606 g/mol. The predicted molar refractivity (Wildman–Crippen MR) is 162 cm³/mol.